The molecule has 1 amide bonds. The molecule has 0 radical (unpaired) electrons. The van der Waals surface area contributed by atoms with Crippen molar-refractivity contribution in [1.82, 2.24) is 5.32 Å². The van der Waals surface area contributed by atoms with E-state index in [-0.39, 0.29) is 22.8 Å². The van der Waals surface area contributed by atoms with E-state index in [1.54, 1.807) is 0 Å². The van der Waals surface area contributed by atoms with E-state index in [9.17, 15) is 26.8 Å². The molecule has 2 rings (SSSR count). The van der Waals surface area contributed by atoms with Gasteiger partial charge >= 0.3 is 12.6 Å². The van der Waals surface area contributed by atoms with Crippen LogP contribution in [0.3, 0.4) is 0 Å². The van der Waals surface area contributed by atoms with Gasteiger partial charge in [0.1, 0.15) is 11.3 Å². The molecular formula is C15H17F2NO6S. The normalized spacial score (nSPS) is 20.1. The van der Waals surface area contributed by atoms with Gasteiger partial charge in [0.15, 0.2) is 15.9 Å². The van der Waals surface area contributed by atoms with E-state index in [0.717, 1.165) is 0 Å². The fourth-order valence-corrected chi connectivity index (χ4v) is 4.01. The van der Waals surface area contributed by atoms with Crippen LogP contribution in [-0.4, -0.2) is 50.6 Å². The average Bonchev–Trinajstić information content (AvgIpc) is 2.85. The lowest BCUT2D eigenvalue weighted by atomic mass is 10.2. The molecule has 0 bridgehead atoms. The highest BCUT2D eigenvalue weighted by Gasteiger charge is 2.31. The Labute approximate surface area is 143 Å². The van der Waals surface area contributed by atoms with E-state index in [1.807, 2.05) is 0 Å². The van der Waals surface area contributed by atoms with E-state index in [0.29, 0.717) is 6.42 Å². The van der Waals surface area contributed by atoms with Crippen molar-refractivity contribution in [3.05, 3.63) is 29.8 Å². The Morgan fingerprint density at radius 2 is 1.96 bits per heavy atom. The quantitative estimate of drug-likeness (QED) is 0.747. The number of esters is 1. The number of hydrogen-bond donors (Lipinski definition) is 1. The molecule has 1 aromatic rings. The third-order valence-electron chi connectivity index (χ3n) is 3.55. The Morgan fingerprint density at radius 3 is 2.56 bits per heavy atom. The first-order valence-corrected chi connectivity index (χ1v) is 9.25. The van der Waals surface area contributed by atoms with Crippen molar-refractivity contribution in [3.8, 4) is 5.75 Å². The summed E-state index contributed by atoms with van der Waals surface area (Å²) in [4.78, 5) is 24.1. The summed E-state index contributed by atoms with van der Waals surface area (Å²) in [5.41, 5.74) is -0.245. The number of nitrogens with one attached hydrogen (secondary N) is 1. The number of rotatable bonds is 6. The van der Waals surface area contributed by atoms with E-state index >= 15 is 0 Å². The number of carbonyl (C=O) groups excluding carboxylic acids is 2. The van der Waals surface area contributed by atoms with Gasteiger partial charge in [0.2, 0.25) is 0 Å². The first-order valence-electron chi connectivity index (χ1n) is 7.43. The summed E-state index contributed by atoms with van der Waals surface area (Å²) in [6.45, 7) is -1.81. The Hall–Kier alpha value is -2.23. The van der Waals surface area contributed by atoms with Crippen LogP contribution in [0.4, 0.5) is 8.78 Å². The minimum Gasteiger partial charge on any atom is -0.449 e. The molecular weight excluding hydrogens is 360 g/mol. The molecule has 1 aliphatic heterocycles. The van der Waals surface area contributed by atoms with Crippen LogP contribution < -0.4 is 10.1 Å². The van der Waals surface area contributed by atoms with Crippen molar-refractivity contribution < 1.29 is 36.3 Å². The lowest BCUT2D eigenvalue weighted by Crippen LogP contribution is -2.42. The van der Waals surface area contributed by atoms with E-state index in [2.05, 4.69) is 10.1 Å². The molecule has 0 spiro atoms. The fourth-order valence-electron chi connectivity index (χ4n) is 2.34. The minimum absolute atomic E-state index is 0.00947. The standard InChI is InChI=1S/C15H17F2NO6S/c1-9(13(19)18-10-6-7-25(21,22)8-10)23-14(20)11-4-2-3-5-12(11)24-15(16)17/h2-5,9-10,15H,6-8H2,1H3,(H,18,19)/t9-,10-/m0/s1. The van der Waals surface area contributed by atoms with Crippen LogP contribution in [0.15, 0.2) is 24.3 Å². The highest BCUT2D eigenvalue weighted by Crippen LogP contribution is 2.21. The molecule has 1 saturated heterocycles. The summed E-state index contributed by atoms with van der Waals surface area (Å²) in [6, 6.07) is 4.72. The Bertz CT molecular complexity index is 752. The van der Waals surface area contributed by atoms with Gasteiger partial charge in [-0.1, -0.05) is 12.1 Å². The first-order chi connectivity index (χ1) is 11.7. The average molecular weight is 377 g/mol. The maximum atomic E-state index is 12.4. The predicted molar refractivity (Wildman–Crippen MR) is 83.2 cm³/mol. The van der Waals surface area contributed by atoms with Crippen LogP contribution in [0.25, 0.3) is 0 Å². The molecule has 0 aromatic heterocycles. The molecule has 1 fully saturated rings. The number of amides is 1. The summed E-state index contributed by atoms with van der Waals surface area (Å²) in [5, 5.41) is 2.49. The zero-order valence-electron chi connectivity index (χ0n) is 13.3. The van der Waals surface area contributed by atoms with Crippen molar-refractivity contribution >= 4 is 21.7 Å². The molecule has 1 aliphatic rings. The zero-order valence-corrected chi connectivity index (χ0v) is 14.1. The van der Waals surface area contributed by atoms with E-state index < -0.39 is 40.5 Å². The number of carbonyl (C=O) groups is 2. The number of hydrogen-bond acceptors (Lipinski definition) is 6. The lowest BCUT2D eigenvalue weighted by Gasteiger charge is -2.17. The second-order valence-electron chi connectivity index (χ2n) is 5.53. The molecule has 0 saturated carbocycles. The summed E-state index contributed by atoms with van der Waals surface area (Å²) >= 11 is 0. The summed E-state index contributed by atoms with van der Waals surface area (Å²) in [6.07, 6.45) is -0.935. The Kier molecular flexibility index (Phi) is 5.93. The number of alkyl halides is 2. The highest BCUT2D eigenvalue weighted by molar-refractivity contribution is 7.91. The van der Waals surface area contributed by atoms with Gasteiger partial charge in [-0.25, -0.2) is 13.2 Å². The molecule has 1 N–H and O–H groups in total. The van der Waals surface area contributed by atoms with Gasteiger partial charge in [-0.2, -0.15) is 8.78 Å². The third kappa shape index (κ3) is 5.38. The van der Waals surface area contributed by atoms with E-state index in [4.69, 9.17) is 4.74 Å². The minimum atomic E-state index is -3.16. The molecule has 138 valence electrons. The van der Waals surface area contributed by atoms with Gasteiger partial charge in [-0.15, -0.1) is 0 Å². The second-order valence-corrected chi connectivity index (χ2v) is 7.76. The van der Waals surface area contributed by atoms with Crippen molar-refractivity contribution in [2.24, 2.45) is 0 Å². The summed E-state index contributed by atoms with van der Waals surface area (Å²) in [7, 11) is -3.16. The van der Waals surface area contributed by atoms with Crippen LogP contribution >= 0.6 is 0 Å². The monoisotopic (exact) mass is 377 g/mol. The Morgan fingerprint density at radius 1 is 1.28 bits per heavy atom. The van der Waals surface area contributed by atoms with Crippen molar-refractivity contribution in [3.63, 3.8) is 0 Å². The third-order valence-corrected chi connectivity index (χ3v) is 5.32. The number of sulfone groups is 1. The van der Waals surface area contributed by atoms with Gasteiger partial charge in [-0.05, 0) is 25.5 Å². The van der Waals surface area contributed by atoms with Gasteiger partial charge in [0.25, 0.3) is 5.91 Å². The maximum absolute atomic E-state index is 12.4. The maximum Gasteiger partial charge on any atom is 0.387 e. The first kappa shape index (κ1) is 19.1. The fraction of sp³-hybridized carbons (Fsp3) is 0.467. The Balaban J connectivity index is 1.97. The van der Waals surface area contributed by atoms with Crippen molar-refractivity contribution in [2.75, 3.05) is 11.5 Å². The zero-order chi connectivity index (χ0) is 18.6. The van der Waals surface area contributed by atoms with Crippen LogP contribution in [0.1, 0.15) is 23.7 Å². The molecule has 7 nitrogen and oxygen atoms in total. The van der Waals surface area contributed by atoms with Crippen LogP contribution in [0, 0.1) is 0 Å². The SMILES string of the molecule is C[C@H](OC(=O)c1ccccc1OC(F)F)C(=O)N[C@H]1CCS(=O)(=O)C1. The number of halogens is 2. The van der Waals surface area contributed by atoms with Gasteiger partial charge in [-0.3, -0.25) is 4.79 Å². The summed E-state index contributed by atoms with van der Waals surface area (Å²) < 4.78 is 56.6. The van der Waals surface area contributed by atoms with Gasteiger partial charge in [0, 0.05) is 6.04 Å². The molecule has 0 aliphatic carbocycles. The molecule has 2 atom stereocenters. The van der Waals surface area contributed by atoms with Crippen LogP contribution in [0.5, 0.6) is 5.75 Å². The molecule has 1 aromatic carbocycles. The molecule has 10 heteroatoms. The number of ether oxygens (including phenoxy) is 2. The van der Waals surface area contributed by atoms with Crippen molar-refractivity contribution in [1.29, 1.82) is 0 Å². The molecule has 1 heterocycles. The number of para-hydroxylation sites is 1. The lowest BCUT2D eigenvalue weighted by molar-refractivity contribution is -0.129. The topological polar surface area (TPSA) is 98.8 Å². The van der Waals surface area contributed by atoms with Crippen molar-refractivity contribution in [2.45, 2.75) is 32.1 Å². The van der Waals surface area contributed by atoms with Gasteiger partial charge in [0.05, 0.1) is 11.5 Å². The largest absolute Gasteiger partial charge is 0.449 e. The highest BCUT2D eigenvalue weighted by atomic mass is 32.2. The summed E-state index contributed by atoms with van der Waals surface area (Å²) in [5.74, 6) is -2.20. The van der Waals surface area contributed by atoms with Crippen LogP contribution in [0.2, 0.25) is 0 Å². The molecule has 0 unspecified atom stereocenters. The predicted octanol–water partition coefficient (Wildman–Crippen LogP) is 1.14. The van der Waals surface area contributed by atoms with E-state index in [1.165, 1.54) is 31.2 Å². The second kappa shape index (κ2) is 7.77. The van der Waals surface area contributed by atoms with Crippen LogP contribution in [-0.2, 0) is 19.4 Å². The molecule has 25 heavy (non-hydrogen) atoms. The number of benzene rings is 1. The van der Waals surface area contributed by atoms with Gasteiger partial charge < -0.3 is 14.8 Å². The smallest absolute Gasteiger partial charge is 0.387 e.